The van der Waals surface area contributed by atoms with Crippen molar-refractivity contribution >= 4 is 23.8 Å². The minimum Gasteiger partial charge on any atom is -0.393 e. The molecule has 0 saturated carbocycles. The van der Waals surface area contributed by atoms with Crippen molar-refractivity contribution in [3.63, 3.8) is 0 Å². The number of hydrogen-bond donors (Lipinski definition) is 4. The van der Waals surface area contributed by atoms with E-state index >= 15 is 0 Å². The number of aliphatic hydroxyl groups is 2. The third-order valence-corrected chi connectivity index (χ3v) is 4.00. The predicted molar refractivity (Wildman–Crippen MR) is 81.8 cm³/mol. The number of aliphatic imine (C=N–C) groups is 1. The summed E-state index contributed by atoms with van der Waals surface area (Å²) in [5.41, 5.74) is 1.65. The van der Waals surface area contributed by atoms with Crippen LogP contribution in [0.5, 0.6) is 0 Å². The molecule has 0 aliphatic carbocycles. The fourth-order valence-electron chi connectivity index (χ4n) is 2.36. The molecule has 4 N–H and O–H groups in total. The summed E-state index contributed by atoms with van der Waals surface area (Å²) >= 11 is 5.79. The lowest BCUT2D eigenvalue weighted by Gasteiger charge is -2.32. The fraction of sp³-hybridized carbons (Fsp3) is 0.692. The molecule has 124 valence electrons. The highest BCUT2D eigenvalue weighted by atomic mass is 35.5. The van der Waals surface area contributed by atoms with Gasteiger partial charge in [0, 0.05) is 7.05 Å². The van der Waals surface area contributed by atoms with Gasteiger partial charge in [-0.25, -0.2) is 4.99 Å². The molecule has 2 rings (SSSR count). The number of hydrazine groups is 1. The van der Waals surface area contributed by atoms with Crippen molar-refractivity contribution in [3.8, 4) is 0 Å². The van der Waals surface area contributed by atoms with E-state index in [2.05, 4.69) is 10.4 Å². The molecule has 1 saturated heterocycles. The van der Waals surface area contributed by atoms with Crippen LogP contribution in [0.3, 0.4) is 0 Å². The summed E-state index contributed by atoms with van der Waals surface area (Å²) < 4.78 is 11.5. The molecule has 3 atom stereocenters. The van der Waals surface area contributed by atoms with Gasteiger partial charge in [-0.2, -0.15) is 0 Å². The molecule has 8 nitrogen and oxygen atoms in total. The van der Waals surface area contributed by atoms with Crippen LogP contribution in [0.15, 0.2) is 16.8 Å². The van der Waals surface area contributed by atoms with Crippen molar-refractivity contribution in [2.45, 2.75) is 37.4 Å². The minimum absolute atomic E-state index is 0.0479. The van der Waals surface area contributed by atoms with Gasteiger partial charge in [-0.1, -0.05) is 0 Å². The second-order valence-corrected chi connectivity index (χ2v) is 6.03. The van der Waals surface area contributed by atoms with E-state index in [0.717, 1.165) is 0 Å². The lowest BCUT2D eigenvalue weighted by atomic mass is 9.94. The fourth-order valence-corrected chi connectivity index (χ4v) is 2.59. The van der Waals surface area contributed by atoms with E-state index < -0.39 is 30.2 Å². The molecule has 2 heterocycles. The van der Waals surface area contributed by atoms with Gasteiger partial charge in [0.25, 0.3) is 0 Å². The number of nitrogens with zero attached hydrogens (tertiary/aromatic N) is 2. The Morgan fingerprint density at radius 2 is 2.27 bits per heavy atom. The van der Waals surface area contributed by atoms with E-state index in [0.29, 0.717) is 5.70 Å². The summed E-state index contributed by atoms with van der Waals surface area (Å²) in [5, 5.41) is 29.4. The van der Waals surface area contributed by atoms with Gasteiger partial charge in [-0.3, -0.25) is 15.8 Å². The van der Waals surface area contributed by atoms with Crippen LogP contribution in [0.1, 0.15) is 13.8 Å². The number of aliphatic hydroxyl groups excluding tert-OH is 1. The molecule has 2 aliphatic rings. The lowest BCUT2D eigenvalue weighted by molar-refractivity contribution is -0.172. The number of likely N-dealkylation sites (N-methyl/N-ethyl adjacent to an activating group) is 1. The molecule has 9 heteroatoms. The van der Waals surface area contributed by atoms with Gasteiger partial charge in [0.1, 0.15) is 24.1 Å². The van der Waals surface area contributed by atoms with Gasteiger partial charge >= 0.3 is 0 Å². The highest BCUT2D eigenvalue weighted by Crippen LogP contribution is 2.36. The Balaban J connectivity index is 2.34. The molecular weight excluding hydrogens is 312 g/mol. The Labute approximate surface area is 133 Å². The maximum Gasteiger partial charge on any atom is 0.171 e. The highest BCUT2D eigenvalue weighted by Gasteiger charge is 2.51. The van der Waals surface area contributed by atoms with E-state index in [1.165, 1.54) is 6.34 Å². The largest absolute Gasteiger partial charge is 0.393 e. The molecule has 0 aromatic heterocycles. The molecule has 0 unspecified atom stereocenters. The van der Waals surface area contributed by atoms with Crippen molar-refractivity contribution < 1.29 is 19.7 Å². The zero-order valence-corrected chi connectivity index (χ0v) is 13.5. The molecule has 22 heavy (non-hydrogen) atoms. The SMILES string of the molecule is CN1NC=NC(=N)/C1=C/[C@@H]1OC(C)(C)O[C@@H]1[C@](O)(CO)CCl. The van der Waals surface area contributed by atoms with Crippen LogP contribution in [0.25, 0.3) is 0 Å². The average Bonchev–Trinajstić information content (AvgIpc) is 2.78. The normalized spacial score (nSPS) is 32.2. The van der Waals surface area contributed by atoms with E-state index in [1.807, 2.05) is 0 Å². The molecule has 0 amide bonds. The number of rotatable bonds is 4. The summed E-state index contributed by atoms with van der Waals surface area (Å²) in [4.78, 5) is 3.87. The first-order valence-corrected chi connectivity index (χ1v) is 7.34. The summed E-state index contributed by atoms with van der Waals surface area (Å²) in [6.07, 6.45) is 1.46. The maximum absolute atomic E-state index is 10.5. The van der Waals surface area contributed by atoms with E-state index in [9.17, 15) is 10.2 Å². The number of nitrogens with one attached hydrogen (secondary N) is 2. The second kappa shape index (κ2) is 6.13. The molecule has 0 bridgehead atoms. The Hall–Kier alpha value is -1.19. The average molecular weight is 333 g/mol. The topological polar surface area (TPSA) is 110 Å². The number of ether oxygens (including phenoxy) is 2. The number of alkyl halides is 1. The zero-order chi connectivity index (χ0) is 16.5. The van der Waals surface area contributed by atoms with Gasteiger partial charge < -0.3 is 19.7 Å². The quantitative estimate of drug-likeness (QED) is 0.531. The summed E-state index contributed by atoms with van der Waals surface area (Å²) in [5.74, 6) is -1.11. The smallest absolute Gasteiger partial charge is 0.171 e. The van der Waals surface area contributed by atoms with E-state index in [1.54, 1.807) is 32.0 Å². The molecule has 0 aromatic carbocycles. The first-order chi connectivity index (χ1) is 10.2. The summed E-state index contributed by atoms with van der Waals surface area (Å²) in [6, 6.07) is 0. The van der Waals surface area contributed by atoms with Crippen molar-refractivity contribution in [2.75, 3.05) is 19.5 Å². The first-order valence-electron chi connectivity index (χ1n) is 6.80. The Kier molecular flexibility index (Phi) is 4.78. The van der Waals surface area contributed by atoms with Crippen LogP contribution in [-0.2, 0) is 9.47 Å². The molecule has 0 aromatic rings. The lowest BCUT2D eigenvalue weighted by Crippen LogP contribution is -2.52. The monoisotopic (exact) mass is 332 g/mol. The molecule has 0 radical (unpaired) electrons. The molecular formula is C13H21ClN4O4. The van der Waals surface area contributed by atoms with E-state index in [-0.39, 0.29) is 11.7 Å². The second-order valence-electron chi connectivity index (χ2n) is 5.76. The van der Waals surface area contributed by atoms with Crippen molar-refractivity contribution in [2.24, 2.45) is 4.99 Å². The van der Waals surface area contributed by atoms with Crippen LogP contribution in [-0.4, -0.2) is 70.5 Å². The van der Waals surface area contributed by atoms with Crippen LogP contribution >= 0.6 is 11.6 Å². The summed E-state index contributed by atoms with van der Waals surface area (Å²) in [6.45, 7) is 2.84. The molecule has 2 aliphatic heterocycles. The third-order valence-electron chi connectivity index (χ3n) is 3.54. The third kappa shape index (κ3) is 3.26. The van der Waals surface area contributed by atoms with Crippen molar-refractivity contribution in [1.29, 1.82) is 5.41 Å². The van der Waals surface area contributed by atoms with Crippen LogP contribution in [0.4, 0.5) is 0 Å². The standard InChI is InChI=1S/C13H21ClN4O4/c1-12(2)21-9(10(22-12)13(20,5-14)6-19)4-8-11(15)16-7-17-18(8)3/h4,7,9-10,19-20H,5-6H2,1-3H3,(H2,15,16,17)/b8-4-/t9-,10-,13+/m0/s1. The van der Waals surface area contributed by atoms with Crippen LogP contribution in [0, 0.1) is 5.41 Å². The summed E-state index contributed by atoms with van der Waals surface area (Å²) in [7, 11) is 1.72. The van der Waals surface area contributed by atoms with Crippen LogP contribution in [0.2, 0.25) is 0 Å². The van der Waals surface area contributed by atoms with Gasteiger partial charge in [0.2, 0.25) is 0 Å². The Morgan fingerprint density at radius 3 is 2.82 bits per heavy atom. The molecule has 1 fully saturated rings. The molecule has 0 spiro atoms. The number of hydrogen-bond acceptors (Lipinski definition) is 7. The Bertz CT molecular complexity index is 504. The van der Waals surface area contributed by atoms with Gasteiger partial charge in [0.15, 0.2) is 11.6 Å². The minimum atomic E-state index is -1.65. The van der Waals surface area contributed by atoms with Crippen molar-refractivity contribution in [1.82, 2.24) is 10.4 Å². The number of halogens is 1. The maximum atomic E-state index is 10.5. The highest BCUT2D eigenvalue weighted by molar-refractivity contribution is 6.18. The van der Waals surface area contributed by atoms with Gasteiger partial charge in [-0.05, 0) is 19.9 Å². The van der Waals surface area contributed by atoms with Crippen molar-refractivity contribution in [3.05, 3.63) is 11.8 Å². The first kappa shape index (κ1) is 17.2. The van der Waals surface area contributed by atoms with Gasteiger partial charge in [-0.15, -0.1) is 11.6 Å². The predicted octanol–water partition coefficient (Wildman–Crippen LogP) is -0.192. The van der Waals surface area contributed by atoms with Gasteiger partial charge in [0.05, 0.1) is 18.2 Å². The van der Waals surface area contributed by atoms with Crippen LogP contribution < -0.4 is 5.43 Å². The zero-order valence-electron chi connectivity index (χ0n) is 12.7. The van der Waals surface area contributed by atoms with E-state index in [4.69, 9.17) is 26.5 Å². The Morgan fingerprint density at radius 1 is 1.59 bits per heavy atom. The number of amidine groups is 1.